The lowest BCUT2D eigenvalue weighted by Crippen LogP contribution is -2.43. The highest BCUT2D eigenvalue weighted by molar-refractivity contribution is 5.82. The molecular formula is C16H19N3O. The Labute approximate surface area is 118 Å². The third kappa shape index (κ3) is 2.12. The number of rotatable bonds is 3. The largest absolute Gasteiger partial charge is 0.368 e. The van der Waals surface area contributed by atoms with Gasteiger partial charge in [-0.15, -0.1) is 0 Å². The van der Waals surface area contributed by atoms with Gasteiger partial charge in [-0.05, 0) is 36.6 Å². The third-order valence-electron chi connectivity index (χ3n) is 4.16. The summed E-state index contributed by atoms with van der Waals surface area (Å²) >= 11 is 0. The Hall–Kier alpha value is -2.07. The van der Waals surface area contributed by atoms with E-state index in [1.165, 1.54) is 5.56 Å². The second-order valence-corrected chi connectivity index (χ2v) is 5.29. The van der Waals surface area contributed by atoms with Crippen LogP contribution in [0.15, 0.2) is 42.6 Å². The van der Waals surface area contributed by atoms with E-state index in [-0.39, 0.29) is 18.0 Å². The summed E-state index contributed by atoms with van der Waals surface area (Å²) in [6.07, 6.45) is 2.86. The first kappa shape index (κ1) is 12.9. The van der Waals surface area contributed by atoms with E-state index in [4.69, 9.17) is 5.73 Å². The molecule has 2 atom stereocenters. The number of carbonyl (C=O) groups excluding carboxylic acids is 1. The van der Waals surface area contributed by atoms with Crippen molar-refractivity contribution in [3.63, 3.8) is 0 Å². The highest BCUT2D eigenvalue weighted by atomic mass is 16.1. The molecule has 2 heterocycles. The molecule has 0 spiro atoms. The Bertz CT molecular complexity index is 606. The maximum Gasteiger partial charge on any atom is 0.239 e. The van der Waals surface area contributed by atoms with Crippen LogP contribution in [-0.4, -0.2) is 22.3 Å². The molecule has 1 aliphatic heterocycles. The monoisotopic (exact) mass is 269 g/mol. The molecule has 3 rings (SSSR count). The molecule has 0 saturated carbocycles. The molecule has 1 amide bonds. The normalized spacial score (nSPS) is 20.4. The number of nitrogens with two attached hydrogens (primary N) is 1. The lowest BCUT2D eigenvalue weighted by Gasteiger charge is -2.39. The van der Waals surface area contributed by atoms with Crippen LogP contribution in [0.4, 0.5) is 0 Å². The van der Waals surface area contributed by atoms with Crippen molar-refractivity contribution in [2.45, 2.75) is 25.4 Å². The van der Waals surface area contributed by atoms with Crippen molar-refractivity contribution < 1.29 is 4.79 Å². The number of hydrogen-bond donors (Lipinski definition) is 2. The fourth-order valence-corrected chi connectivity index (χ4v) is 3.10. The summed E-state index contributed by atoms with van der Waals surface area (Å²) in [4.78, 5) is 17.4. The molecule has 0 bridgehead atoms. The summed E-state index contributed by atoms with van der Waals surface area (Å²) in [7, 11) is 0. The van der Waals surface area contributed by atoms with Crippen molar-refractivity contribution in [3.8, 4) is 0 Å². The molecule has 2 aromatic rings. The van der Waals surface area contributed by atoms with Crippen molar-refractivity contribution in [3.05, 3.63) is 59.4 Å². The van der Waals surface area contributed by atoms with Gasteiger partial charge in [0.1, 0.15) is 6.04 Å². The molecule has 2 unspecified atom stereocenters. The minimum Gasteiger partial charge on any atom is -0.368 e. The van der Waals surface area contributed by atoms with Gasteiger partial charge < -0.3 is 10.7 Å². The van der Waals surface area contributed by atoms with Crippen LogP contribution >= 0.6 is 0 Å². The summed E-state index contributed by atoms with van der Waals surface area (Å²) in [5.41, 5.74) is 9.05. The van der Waals surface area contributed by atoms with Crippen LogP contribution in [0.3, 0.4) is 0 Å². The molecule has 0 radical (unpaired) electrons. The third-order valence-corrected chi connectivity index (χ3v) is 4.16. The minimum absolute atomic E-state index is 0.135. The van der Waals surface area contributed by atoms with Gasteiger partial charge in [-0.3, -0.25) is 9.69 Å². The molecule has 1 aromatic carbocycles. The van der Waals surface area contributed by atoms with Crippen molar-refractivity contribution in [1.82, 2.24) is 9.88 Å². The van der Waals surface area contributed by atoms with Crippen LogP contribution in [0, 0.1) is 0 Å². The van der Waals surface area contributed by atoms with Crippen LogP contribution in [-0.2, 0) is 11.2 Å². The van der Waals surface area contributed by atoms with E-state index >= 15 is 0 Å². The molecule has 1 aliphatic rings. The predicted molar refractivity (Wildman–Crippen MR) is 78.0 cm³/mol. The molecule has 4 heteroatoms. The Balaban J connectivity index is 1.98. The second-order valence-electron chi connectivity index (χ2n) is 5.29. The number of aromatic amines is 1. The first-order valence-corrected chi connectivity index (χ1v) is 6.94. The van der Waals surface area contributed by atoms with Gasteiger partial charge in [-0.2, -0.15) is 0 Å². The summed E-state index contributed by atoms with van der Waals surface area (Å²) in [6, 6.07) is 11.9. The average molecular weight is 269 g/mol. The van der Waals surface area contributed by atoms with E-state index in [1.54, 1.807) is 0 Å². The van der Waals surface area contributed by atoms with Crippen molar-refractivity contribution >= 4 is 5.91 Å². The Morgan fingerprint density at radius 2 is 2.15 bits per heavy atom. The maximum absolute atomic E-state index is 12.0. The molecule has 0 saturated heterocycles. The topological polar surface area (TPSA) is 62.1 Å². The zero-order valence-corrected chi connectivity index (χ0v) is 11.5. The van der Waals surface area contributed by atoms with E-state index in [9.17, 15) is 4.79 Å². The number of carbonyl (C=O) groups is 1. The number of nitrogens with one attached hydrogen (secondary N) is 1. The van der Waals surface area contributed by atoms with Crippen molar-refractivity contribution in [2.24, 2.45) is 5.73 Å². The minimum atomic E-state index is -0.349. The predicted octanol–water partition coefficient (Wildman–Crippen LogP) is 2.16. The van der Waals surface area contributed by atoms with Gasteiger partial charge in [0.15, 0.2) is 0 Å². The molecule has 3 N–H and O–H groups in total. The van der Waals surface area contributed by atoms with Crippen molar-refractivity contribution in [2.75, 3.05) is 6.54 Å². The zero-order chi connectivity index (χ0) is 14.1. The fourth-order valence-electron chi connectivity index (χ4n) is 3.10. The van der Waals surface area contributed by atoms with Gasteiger partial charge in [0, 0.05) is 24.5 Å². The molecular weight excluding hydrogens is 250 g/mol. The summed E-state index contributed by atoms with van der Waals surface area (Å²) in [5.74, 6) is -0.282. The fraction of sp³-hybridized carbons (Fsp3) is 0.312. The summed E-state index contributed by atoms with van der Waals surface area (Å²) in [6.45, 7) is 2.94. The van der Waals surface area contributed by atoms with Crippen molar-refractivity contribution in [1.29, 1.82) is 0 Å². The van der Waals surface area contributed by atoms with Gasteiger partial charge in [-0.1, -0.05) is 24.3 Å². The van der Waals surface area contributed by atoms with Gasteiger partial charge in [-0.25, -0.2) is 0 Å². The molecule has 0 fully saturated rings. The highest BCUT2D eigenvalue weighted by Crippen LogP contribution is 2.35. The maximum atomic E-state index is 12.0. The van der Waals surface area contributed by atoms with Crippen LogP contribution in [0.1, 0.15) is 35.8 Å². The molecule has 20 heavy (non-hydrogen) atoms. The average Bonchev–Trinajstić information content (AvgIpc) is 2.99. The number of aromatic nitrogens is 1. The van der Waals surface area contributed by atoms with E-state index < -0.39 is 0 Å². The lowest BCUT2D eigenvalue weighted by molar-refractivity contribution is -0.124. The first-order chi connectivity index (χ1) is 9.68. The molecule has 104 valence electrons. The number of amides is 1. The first-order valence-electron chi connectivity index (χ1n) is 6.94. The lowest BCUT2D eigenvalue weighted by atomic mass is 9.90. The molecule has 0 aliphatic carbocycles. The SMILES string of the molecule is CC(c1ccc[nH]1)N1CCc2ccccc2C1C(N)=O. The van der Waals surface area contributed by atoms with E-state index in [0.29, 0.717) is 0 Å². The number of primary amides is 1. The number of nitrogens with zero attached hydrogens (tertiary/aromatic N) is 1. The van der Waals surface area contributed by atoms with Crippen LogP contribution in [0.5, 0.6) is 0 Å². The number of H-pyrrole nitrogens is 1. The quantitative estimate of drug-likeness (QED) is 0.897. The number of hydrogen-bond acceptors (Lipinski definition) is 2. The zero-order valence-electron chi connectivity index (χ0n) is 11.5. The summed E-state index contributed by atoms with van der Waals surface area (Å²) in [5, 5.41) is 0. The highest BCUT2D eigenvalue weighted by Gasteiger charge is 2.34. The van der Waals surface area contributed by atoms with Gasteiger partial charge in [0.25, 0.3) is 0 Å². The van der Waals surface area contributed by atoms with Crippen LogP contribution in [0.25, 0.3) is 0 Å². The Morgan fingerprint density at radius 1 is 1.35 bits per heavy atom. The van der Waals surface area contributed by atoms with Crippen LogP contribution < -0.4 is 5.73 Å². The van der Waals surface area contributed by atoms with Gasteiger partial charge in [0.05, 0.1) is 0 Å². The number of benzene rings is 1. The Kier molecular flexibility index (Phi) is 3.32. The van der Waals surface area contributed by atoms with E-state index in [0.717, 1.165) is 24.2 Å². The molecule has 1 aromatic heterocycles. The standard InChI is InChI=1S/C16H19N3O/c1-11(14-7-4-9-18-14)19-10-8-12-5-2-3-6-13(12)15(19)16(17)20/h2-7,9,11,15,18H,8,10H2,1H3,(H2,17,20). The number of fused-ring (bicyclic) bond motifs is 1. The van der Waals surface area contributed by atoms with Gasteiger partial charge >= 0.3 is 0 Å². The molecule has 4 nitrogen and oxygen atoms in total. The Morgan fingerprint density at radius 3 is 2.85 bits per heavy atom. The van der Waals surface area contributed by atoms with E-state index in [1.807, 2.05) is 36.5 Å². The summed E-state index contributed by atoms with van der Waals surface area (Å²) < 4.78 is 0. The second kappa shape index (κ2) is 5.13. The smallest absolute Gasteiger partial charge is 0.239 e. The van der Waals surface area contributed by atoms with Crippen LogP contribution in [0.2, 0.25) is 0 Å². The van der Waals surface area contributed by atoms with Gasteiger partial charge in [0.2, 0.25) is 5.91 Å². The van der Waals surface area contributed by atoms with E-state index in [2.05, 4.69) is 22.9 Å².